The number of pyridine rings is 1. The van der Waals surface area contributed by atoms with E-state index in [-0.39, 0.29) is 11.4 Å². The number of hydrogen-bond donors (Lipinski definition) is 0. The Kier molecular flexibility index (Phi) is 2.07. The molecule has 0 N–H and O–H groups in total. The Balaban J connectivity index is 2.85. The average molecular weight is 206 g/mol. The van der Waals surface area contributed by atoms with E-state index in [4.69, 9.17) is 0 Å². The molecule has 2 aromatic heterocycles. The predicted molar refractivity (Wildman–Crippen MR) is 58.6 cm³/mol. The SMILES string of the molecule is Cc1ccc(C(C)(C)C)c2ncc(F)n12. The number of nitrogens with zero attached hydrogens (tertiary/aromatic N) is 2. The molecule has 0 aliphatic heterocycles. The van der Waals surface area contributed by atoms with Crippen molar-refractivity contribution < 1.29 is 4.39 Å². The predicted octanol–water partition coefficient (Wildman–Crippen LogP) is 3.08. The summed E-state index contributed by atoms with van der Waals surface area (Å²) in [7, 11) is 0. The van der Waals surface area contributed by atoms with Crippen LogP contribution in [0, 0.1) is 12.9 Å². The first-order valence-electron chi connectivity index (χ1n) is 5.04. The molecule has 0 spiro atoms. The van der Waals surface area contributed by atoms with E-state index < -0.39 is 0 Å². The molecule has 0 aromatic carbocycles. The summed E-state index contributed by atoms with van der Waals surface area (Å²) in [5, 5.41) is 0. The fourth-order valence-corrected chi connectivity index (χ4v) is 1.79. The summed E-state index contributed by atoms with van der Waals surface area (Å²) in [4.78, 5) is 4.13. The lowest BCUT2D eigenvalue weighted by Crippen LogP contribution is -2.14. The second-order valence-electron chi connectivity index (χ2n) is 4.88. The van der Waals surface area contributed by atoms with Crippen molar-refractivity contribution in [3.05, 3.63) is 35.5 Å². The number of imidazole rings is 1. The van der Waals surface area contributed by atoms with Crippen LogP contribution in [-0.2, 0) is 5.41 Å². The van der Waals surface area contributed by atoms with Crippen molar-refractivity contribution in [1.82, 2.24) is 9.38 Å². The summed E-state index contributed by atoms with van der Waals surface area (Å²) in [6.07, 6.45) is 1.28. The summed E-state index contributed by atoms with van der Waals surface area (Å²) in [6.45, 7) is 8.18. The molecule has 0 atom stereocenters. The third-order valence-corrected chi connectivity index (χ3v) is 2.61. The van der Waals surface area contributed by atoms with Gasteiger partial charge in [-0.25, -0.2) is 4.98 Å². The second-order valence-corrected chi connectivity index (χ2v) is 4.88. The fraction of sp³-hybridized carbons (Fsp3) is 0.417. The molecule has 0 unspecified atom stereocenters. The van der Waals surface area contributed by atoms with Crippen LogP contribution in [0.25, 0.3) is 5.65 Å². The molecule has 0 fully saturated rings. The molecule has 15 heavy (non-hydrogen) atoms. The molecule has 0 saturated carbocycles. The van der Waals surface area contributed by atoms with Crippen LogP contribution in [0.2, 0.25) is 0 Å². The van der Waals surface area contributed by atoms with Gasteiger partial charge in [-0.3, -0.25) is 4.40 Å². The Hall–Kier alpha value is -1.38. The maximum atomic E-state index is 13.5. The van der Waals surface area contributed by atoms with Crippen LogP contribution in [0.1, 0.15) is 32.0 Å². The standard InChI is InChI=1S/C12H15FN2/c1-8-5-6-9(12(2,3)4)11-14-7-10(13)15(8)11/h5-7H,1-4H3. The fourth-order valence-electron chi connectivity index (χ4n) is 1.79. The molecule has 3 heteroatoms. The summed E-state index contributed by atoms with van der Waals surface area (Å²) in [6, 6.07) is 3.95. The Bertz CT molecular complexity index is 506. The maximum Gasteiger partial charge on any atom is 0.218 e. The first kappa shape index (κ1) is 10.1. The van der Waals surface area contributed by atoms with Crippen molar-refractivity contribution in [3.8, 4) is 0 Å². The van der Waals surface area contributed by atoms with Crippen molar-refractivity contribution in [2.24, 2.45) is 0 Å². The van der Waals surface area contributed by atoms with Gasteiger partial charge in [0, 0.05) is 11.3 Å². The van der Waals surface area contributed by atoms with Gasteiger partial charge >= 0.3 is 0 Å². The van der Waals surface area contributed by atoms with Gasteiger partial charge in [-0.15, -0.1) is 0 Å². The van der Waals surface area contributed by atoms with Gasteiger partial charge in [0.05, 0.1) is 6.20 Å². The summed E-state index contributed by atoms with van der Waals surface area (Å²) < 4.78 is 15.0. The topological polar surface area (TPSA) is 17.3 Å². The van der Waals surface area contributed by atoms with Crippen LogP contribution in [0.5, 0.6) is 0 Å². The van der Waals surface area contributed by atoms with E-state index in [0.717, 1.165) is 16.9 Å². The van der Waals surface area contributed by atoms with E-state index in [9.17, 15) is 4.39 Å². The highest BCUT2D eigenvalue weighted by Gasteiger charge is 2.19. The summed E-state index contributed by atoms with van der Waals surface area (Å²) in [5.74, 6) is -0.298. The molecular weight excluding hydrogens is 191 g/mol. The van der Waals surface area contributed by atoms with Crippen molar-refractivity contribution >= 4 is 5.65 Å². The molecule has 2 nitrogen and oxygen atoms in total. The van der Waals surface area contributed by atoms with E-state index in [0.29, 0.717) is 0 Å². The highest BCUT2D eigenvalue weighted by atomic mass is 19.1. The molecular formula is C12H15FN2. The Labute approximate surface area is 88.8 Å². The number of halogens is 1. The van der Waals surface area contributed by atoms with Gasteiger partial charge in [0.1, 0.15) is 5.65 Å². The summed E-state index contributed by atoms with van der Waals surface area (Å²) >= 11 is 0. The zero-order valence-electron chi connectivity index (χ0n) is 9.50. The van der Waals surface area contributed by atoms with Gasteiger partial charge in [-0.05, 0) is 18.4 Å². The van der Waals surface area contributed by atoms with Crippen LogP contribution in [0.15, 0.2) is 18.3 Å². The second kappa shape index (κ2) is 3.05. The molecule has 0 saturated heterocycles. The monoisotopic (exact) mass is 206 g/mol. The van der Waals surface area contributed by atoms with Crippen molar-refractivity contribution in [2.75, 3.05) is 0 Å². The first-order chi connectivity index (χ1) is 6.91. The zero-order valence-corrected chi connectivity index (χ0v) is 9.50. The largest absolute Gasteiger partial charge is 0.273 e. The maximum absolute atomic E-state index is 13.5. The molecule has 80 valence electrons. The molecule has 0 aliphatic carbocycles. The normalized spacial score (nSPS) is 12.3. The van der Waals surface area contributed by atoms with Crippen LogP contribution in [0.4, 0.5) is 4.39 Å². The van der Waals surface area contributed by atoms with E-state index in [1.54, 1.807) is 4.40 Å². The highest BCUT2D eigenvalue weighted by molar-refractivity contribution is 5.52. The van der Waals surface area contributed by atoms with Crippen LogP contribution in [-0.4, -0.2) is 9.38 Å². The quantitative estimate of drug-likeness (QED) is 0.647. The van der Waals surface area contributed by atoms with E-state index in [1.807, 2.05) is 19.1 Å². The third-order valence-electron chi connectivity index (χ3n) is 2.61. The van der Waals surface area contributed by atoms with Gasteiger partial charge < -0.3 is 0 Å². The molecule has 0 radical (unpaired) electrons. The lowest BCUT2D eigenvalue weighted by molar-refractivity contribution is 0.561. The molecule has 0 amide bonds. The van der Waals surface area contributed by atoms with E-state index in [1.165, 1.54) is 6.20 Å². The minimum atomic E-state index is -0.298. The van der Waals surface area contributed by atoms with Crippen molar-refractivity contribution in [1.29, 1.82) is 0 Å². The number of rotatable bonds is 0. The van der Waals surface area contributed by atoms with Gasteiger partial charge in [0.25, 0.3) is 0 Å². The van der Waals surface area contributed by atoms with Crippen molar-refractivity contribution in [2.45, 2.75) is 33.1 Å². The molecule has 2 aromatic rings. The molecule has 0 bridgehead atoms. The summed E-state index contributed by atoms with van der Waals surface area (Å²) in [5.41, 5.74) is 2.64. The van der Waals surface area contributed by atoms with Gasteiger partial charge in [0.15, 0.2) is 0 Å². The minimum absolute atomic E-state index is 0.0211. The van der Waals surface area contributed by atoms with Gasteiger partial charge in [0.2, 0.25) is 5.95 Å². The average Bonchev–Trinajstić information content (AvgIpc) is 2.47. The number of aromatic nitrogens is 2. The Morgan fingerprint density at radius 1 is 1.27 bits per heavy atom. The van der Waals surface area contributed by atoms with E-state index >= 15 is 0 Å². The van der Waals surface area contributed by atoms with Crippen LogP contribution < -0.4 is 0 Å². The van der Waals surface area contributed by atoms with Crippen LogP contribution >= 0.6 is 0 Å². The highest BCUT2D eigenvalue weighted by Crippen LogP contribution is 2.27. The van der Waals surface area contributed by atoms with Crippen LogP contribution in [0.3, 0.4) is 0 Å². The minimum Gasteiger partial charge on any atom is -0.273 e. The smallest absolute Gasteiger partial charge is 0.218 e. The first-order valence-corrected chi connectivity index (χ1v) is 5.04. The van der Waals surface area contributed by atoms with Gasteiger partial charge in [-0.1, -0.05) is 26.8 Å². The van der Waals surface area contributed by atoms with Gasteiger partial charge in [-0.2, -0.15) is 4.39 Å². The van der Waals surface area contributed by atoms with Crippen molar-refractivity contribution in [3.63, 3.8) is 0 Å². The third kappa shape index (κ3) is 1.52. The molecule has 2 rings (SSSR count). The number of aryl methyl sites for hydroxylation is 1. The lowest BCUT2D eigenvalue weighted by atomic mass is 9.87. The number of fused-ring (bicyclic) bond motifs is 1. The Morgan fingerprint density at radius 2 is 1.93 bits per heavy atom. The number of hydrogen-bond acceptors (Lipinski definition) is 1. The Morgan fingerprint density at radius 3 is 2.53 bits per heavy atom. The van der Waals surface area contributed by atoms with E-state index in [2.05, 4.69) is 25.8 Å². The zero-order chi connectivity index (χ0) is 11.2. The molecule has 2 heterocycles. The lowest BCUT2D eigenvalue weighted by Gasteiger charge is -2.20. The molecule has 0 aliphatic rings.